The van der Waals surface area contributed by atoms with Gasteiger partial charge in [0.15, 0.2) is 17.7 Å². The monoisotopic (exact) mass is 790 g/mol. The smallest absolute Gasteiger partial charge is 0.410 e. The Morgan fingerprint density at radius 2 is 1.82 bits per heavy atom. The first-order valence-electron chi connectivity index (χ1n) is 20.5. The Hall–Kier alpha value is -3.75. The van der Waals surface area contributed by atoms with Gasteiger partial charge in [-0.3, -0.25) is 24.5 Å². The predicted octanol–water partition coefficient (Wildman–Crippen LogP) is 5.71. The Morgan fingerprint density at radius 1 is 1.09 bits per heavy atom. The van der Waals surface area contributed by atoms with Gasteiger partial charge in [0.2, 0.25) is 0 Å². The number of aromatic nitrogens is 1. The number of carbonyl (C=O) groups excluding carboxylic acids is 3. The zero-order chi connectivity index (χ0) is 41.4. The van der Waals surface area contributed by atoms with E-state index < -0.39 is 71.5 Å². The van der Waals surface area contributed by atoms with Gasteiger partial charge < -0.3 is 33.7 Å². The van der Waals surface area contributed by atoms with Crippen LogP contribution in [0.1, 0.15) is 79.7 Å². The van der Waals surface area contributed by atoms with Crippen molar-refractivity contribution in [1.82, 2.24) is 14.8 Å². The highest BCUT2D eigenvalue weighted by Gasteiger charge is 2.60. The number of aliphatic imine (C=N–C) groups is 1. The molecule has 1 aromatic heterocycles. The largest absolute Gasteiger partial charge is 0.457 e. The van der Waals surface area contributed by atoms with Crippen LogP contribution >= 0.6 is 0 Å². The van der Waals surface area contributed by atoms with Gasteiger partial charge >= 0.3 is 12.1 Å². The van der Waals surface area contributed by atoms with Crippen LogP contribution in [-0.4, -0.2) is 132 Å². The van der Waals surface area contributed by atoms with E-state index in [1.807, 2.05) is 90.0 Å². The van der Waals surface area contributed by atoms with Crippen molar-refractivity contribution in [1.29, 1.82) is 0 Å². The van der Waals surface area contributed by atoms with Crippen LogP contribution < -0.4 is 0 Å². The van der Waals surface area contributed by atoms with Gasteiger partial charge in [0, 0.05) is 48.8 Å². The lowest BCUT2D eigenvalue weighted by Gasteiger charge is -2.47. The number of carbonyl (C=O) groups is 3. The fourth-order valence-corrected chi connectivity index (χ4v) is 9.94. The average Bonchev–Trinajstić information content (AvgIpc) is 3.30. The molecule has 4 aliphatic rings. The molecule has 0 radical (unpaired) electrons. The van der Waals surface area contributed by atoms with Gasteiger partial charge in [-0.2, -0.15) is 0 Å². The van der Waals surface area contributed by atoms with Crippen LogP contribution in [-0.2, 0) is 33.3 Å². The first kappa shape index (κ1) is 42.8. The highest BCUT2D eigenvalue weighted by molar-refractivity contribution is 6.01. The number of benzene rings is 1. The van der Waals surface area contributed by atoms with E-state index in [0.717, 1.165) is 22.2 Å². The summed E-state index contributed by atoms with van der Waals surface area (Å²) in [6.45, 7) is 14.2. The topological polar surface area (TPSA) is 149 Å². The minimum Gasteiger partial charge on any atom is -0.457 e. The SMILES string of the molecule is CC[C@@H]1OC(=O)C(C/C=C/c2cnc3ccccc3c2)C(=O)[C@H](C)[C@@H](O[C@@H]2O[C@H](C)C[C@H](N(C)C)[C@H]2O)[C@@](C)(OC)C[C@@H](C)C2=NCCN3C(=O)O[C@@]1(C)[C@H]3[C@@H]2C. The van der Waals surface area contributed by atoms with Gasteiger partial charge in [-0.1, -0.05) is 58.0 Å². The van der Waals surface area contributed by atoms with E-state index in [-0.39, 0.29) is 30.4 Å². The van der Waals surface area contributed by atoms with Crippen LogP contribution in [0.4, 0.5) is 4.79 Å². The quantitative estimate of drug-likeness (QED) is 0.259. The van der Waals surface area contributed by atoms with Crippen LogP contribution in [0.3, 0.4) is 0 Å². The summed E-state index contributed by atoms with van der Waals surface area (Å²) in [5.41, 5.74) is 0.206. The molecule has 0 aliphatic carbocycles. The van der Waals surface area contributed by atoms with E-state index >= 15 is 4.79 Å². The lowest BCUT2D eigenvalue weighted by molar-refractivity contribution is -0.295. The summed E-state index contributed by atoms with van der Waals surface area (Å²) in [4.78, 5) is 56.5. The number of fused-ring (bicyclic) bond motifs is 2. The third-order valence-electron chi connectivity index (χ3n) is 13.0. The Kier molecular flexibility index (Phi) is 13.0. The molecule has 2 bridgehead atoms. The van der Waals surface area contributed by atoms with Crippen molar-refractivity contribution in [3.8, 4) is 0 Å². The van der Waals surface area contributed by atoms with Crippen molar-refractivity contribution < 1.29 is 43.2 Å². The fraction of sp³-hybridized carbons (Fsp3) is 0.659. The molecule has 1 aromatic carbocycles. The number of likely N-dealkylation sites (N-methyl/N-ethyl adjacent to an activating group) is 1. The number of methoxy groups -OCH3 is 1. The fourth-order valence-electron chi connectivity index (χ4n) is 9.94. The summed E-state index contributed by atoms with van der Waals surface area (Å²) in [5, 5.41) is 12.6. The van der Waals surface area contributed by atoms with E-state index in [1.54, 1.807) is 31.2 Å². The highest BCUT2D eigenvalue weighted by Crippen LogP contribution is 2.44. The summed E-state index contributed by atoms with van der Waals surface area (Å²) in [5.74, 6) is -3.77. The number of allylic oxidation sites excluding steroid dienone is 1. The number of amides is 1. The molecule has 13 atom stereocenters. The van der Waals surface area contributed by atoms with Crippen LogP contribution in [0, 0.1) is 23.7 Å². The van der Waals surface area contributed by atoms with Crippen molar-refractivity contribution in [3.63, 3.8) is 0 Å². The third kappa shape index (κ3) is 8.41. The molecule has 57 heavy (non-hydrogen) atoms. The number of aliphatic hydroxyl groups excluding tert-OH is 1. The summed E-state index contributed by atoms with van der Waals surface area (Å²) < 4.78 is 32.0. The lowest BCUT2D eigenvalue weighted by Crippen LogP contribution is -2.60. The average molecular weight is 791 g/mol. The van der Waals surface area contributed by atoms with Crippen LogP contribution in [0.2, 0.25) is 0 Å². The predicted molar refractivity (Wildman–Crippen MR) is 217 cm³/mol. The van der Waals surface area contributed by atoms with Gasteiger partial charge in [0.25, 0.3) is 0 Å². The van der Waals surface area contributed by atoms with E-state index in [9.17, 15) is 14.7 Å². The molecule has 1 amide bonds. The number of ether oxygens (including phenoxy) is 5. The molecule has 13 heteroatoms. The van der Waals surface area contributed by atoms with Crippen molar-refractivity contribution in [2.24, 2.45) is 28.7 Å². The van der Waals surface area contributed by atoms with Crippen molar-refractivity contribution in [2.45, 2.75) is 128 Å². The second-order valence-electron chi connectivity index (χ2n) is 17.2. The second kappa shape index (κ2) is 17.2. The van der Waals surface area contributed by atoms with E-state index in [4.69, 9.17) is 28.7 Å². The number of para-hydroxylation sites is 1. The first-order chi connectivity index (χ1) is 27.0. The molecular weight excluding hydrogens is 729 g/mol. The summed E-state index contributed by atoms with van der Waals surface area (Å²) >= 11 is 0. The van der Waals surface area contributed by atoms with Gasteiger partial charge in [0.05, 0.1) is 35.9 Å². The molecule has 3 saturated heterocycles. The Labute approximate surface area is 337 Å². The van der Waals surface area contributed by atoms with Gasteiger partial charge in [-0.05, 0) is 84.2 Å². The molecule has 2 aromatic rings. The zero-order valence-electron chi connectivity index (χ0n) is 35.2. The lowest BCUT2D eigenvalue weighted by atomic mass is 9.72. The molecule has 4 aliphatic heterocycles. The van der Waals surface area contributed by atoms with E-state index in [1.165, 1.54) is 0 Å². The van der Waals surface area contributed by atoms with Crippen LogP contribution in [0.5, 0.6) is 0 Å². The first-order valence-corrected chi connectivity index (χ1v) is 20.5. The molecule has 1 N–H and O–H groups in total. The molecule has 0 saturated carbocycles. The molecule has 0 spiro atoms. The normalized spacial score (nSPS) is 38.2. The molecule has 13 nitrogen and oxygen atoms in total. The Morgan fingerprint density at radius 3 is 2.53 bits per heavy atom. The van der Waals surface area contributed by atoms with Gasteiger partial charge in [0.1, 0.15) is 18.1 Å². The molecule has 5 heterocycles. The summed E-state index contributed by atoms with van der Waals surface area (Å²) in [6, 6.07) is 9.06. The zero-order valence-corrected chi connectivity index (χ0v) is 35.2. The number of esters is 1. The van der Waals surface area contributed by atoms with Crippen molar-refractivity contribution in [3.05, 3.63) is 48.2 Å². The maximum Gasteiger partial charge on any atom is 0.410 e. The minimum absolute atomic E-state index is 0.0274. The summed E-state index contributed by atoms with van der Waals surface area (Å²) in [6.07, 6.45) is 2.11. The molecule has 1 unspecified atom stereocenters. The number of Topliss-reactive ketones (excluding diaryl/α,β-unsaturated/α-hetero) is 1. The molecule has 3 fully saturated rings. The van der Waals surface area contributed by atoms with Crippen LogP contribution in [0.25, 0.3) is 17.0 Å². The number of cyclic esters (lactones) is 1. The number of ketones is 1. The van der Waals surface area contributed by atoms with Crippen molar-refractivity contribution >= 4 is 40.5 Å². The third-order valence-corrected chi connectivity index (χ3v) is 13.0. The number of rotatable bonds is 8. The van der Waals surface area contributed by atoms with E-state index in [0.29, 0.717) is 32.4 Å². The van der Waals surface area contributed by atoms with Gasteiger partial charge in [-0.25, -0.2) is 4.79 Å². The van der Waals surface area contributed by atoms with E-state index in [2.05, 4.69) is 11.9 Å². The molecule has 6 rings (SSSR count). The summed E-state index contributed by atoms with van der Waals surface area (Å²) in [7, 11) is 5.40. The maximum absolute atomic E-state index is 15.1. The van der Waals surface area contributed by atoms with Gasteiger partial charge in [-0.15, -0.1) is 0 Å². The molecular formula is C44H62N4O9. The maximum atomic E-state index is 15.1. The number of hydrogen-bond acceptors (Lipinski definition) is 12. The second-order valence-corrected chi connectivity index (χ2v) is 17.2. The Balaban J connectivity index is 1.44. The number of nitrogens with zero attached hydrogens (tertiary/aromatic N) is 4. The highest BCUT2D eigenvalue weighted by atomic mass is 16.7. The number of aliphatic hydroxyl groups is 1. The van der Waals surface area contributed by atoms with Crippen LogP contribution in [0.15, 0.2) is 47.6 Å². The van der Waals surface area contributed by atoms with Crippen molar-refractivity contribution in [2.75, 3.05) is 34.3 Å². The molecule has 312 valence electrons. The standard InChI is InChI=1S/C44H62N4O9/c1-11-34-44(7)38-27(4)35(45-19-20-48(38)42(52)57-44)25(2)23-43(6,53-10)39(56-41-37(50)33(47(8)9)21-26(3)54-41)28(5)36(49)31(40(51)55-34)17-14-15-29-22-30-16-12-13-18-32(30)46-24-29/h12-16,18,22,24-28,31,33-34,37-39,41,50H,11,17,19-21,23H2,1-10H3/b15-14+/t25-,26-,27-,28+,31?,33+,34+,37-,38-,39-,41+,43+,44-/m1/s1. The number of hydrogen-bond donors (Lipinski definition) is 1. The minimum atomic E-state index is -1.25. The Bertz CT molecular complexity index is 1850. The number of pyridine rings is 1.